The highest BCUT2D eigenvalue weighted by atomic mass is 32.1. The van der Waals surface area contributed by atoms with Gasteiger partial charge in [-0.2, -0.15) is 0 Å². The summed E-state index contributed by atoms with van der Waals surface area (Å²) in [4.78, 5) is 13.3. The van der Waals surface area contributed by atoms with Crippen molar-refractivity contribution < 1.29 is 9.53 Å². The van der Waals surface area contributed by atoms with Crippen LogP contribution in [-0.2, 0) is 11.4 Å². The van der Waals surface area contributed by atoms with E-state index in [0.29, 0.717) is 28.7 Å². The van der Waals surface area contributed by atoms with E-state index in [9.17, 15) is 4.79 Å². The maximum atomic E-state index is 13.3. The molecule has 0 saturated heterocycles. The zero-order chi connectivity index (χ0) is 22.5. The maximum Gasteiger partial charge on any atom is 0.255 e. The van der Waals surface area contributed by atoms with Crippen molar-refractivity contribution in [3.8, 4) is 5.75 Å². The quantitative estimate of drug-likeness (QED) is 0.468. The zero-order valence-corrected chi connectivity index (χ0v) is 18.8. The van der Waals surface area contributed by atoms with Crippen LogP contribution in [0.3, 0.4) is 0 Å². The second-order valence-corrected chi connectivity index (χ2v) is 8.11. The molecule has 0 aliphatic carbocycles. The third-order valence-electron chi connectivity index (χ3n) is 5.29. The molecule has 3 aromatic carbocycles. The van der Waals surface area contributed by atoms with Crippen molar-refractivity contribution in [2.75, 3.05) is 5.32 Å². The normalized spacial score (nSPS) is 15.6. The Labute approximate surface area is 193 Å². The number of carbonyl (C=O) groups excluding carboxylic acids is 1. The molecule has 1 amide bonds. The molecule has 162 valence electrons. The number of allylic oxidation sites excluding steroid dienone is 1. The number of benzene rings is 3. The first-order chi connectivity index (χ1) is 15.5. The van der Waals surface area contributed by atoms with E-state index in [1.54, 1.807) is 0 Å². The molecule has 5 nitrogen and oxygen atoms in total. The predicted octanol–water partition coefficient (Wildman–Crippen LogP) is 5.01. The molecular weight excluding hydrogens is 418 g/mol. The van der Waals surface area contributed by atoms with Crippen LogP contribution >= 0.6 is 12.2 Å². The van der Waals surface area contributed by atoms with Gasteiger partial charge in [0.1, 0.15) is 12.4 Å². The van der Waals surface area contributed by atoms with E-state index < -0.39 is 6.04 Å². The molecule has 32 heavy (non-hydrogen) atoms. The summed E-state index contributed by atoms with van der Waals surface area (Å²) in [5, 5.41) is 9.77. The molecule has 1 aliphatic heterocycles. The van der Waals surface area contributed by atoms with Crippen molar-refractivity contribution >= 4 is 28.9 Å². The third-order valence-corrected chi connectivity index (χ3v) is 5.51. The average molecular weight is 444 g/mol. The largest absolute Gasteiger partial charge is 0.489 e. The lowest BCUT2D eigenvalue weighted by atomic mass is 9.94. The van der Waals surface area contributed by atoms with E-state index in [-0.39, 0.29) is 5.91 Å². The number of aryl methyl sites for hydroxylation is 1. The van der Waals surface area contributed by atoms with Gasteiger partial charge in [0.2, 0.25) is 0 Å². The van der Waals surface area contributed by atoms with Crippen molar-refractivity contribution in [3.63, 3.8) is 0 Å². The Morgan fingerprint density at radius 2 is 1.66 bits per heavy atom. The van der Waals surface area contributed by atoms with Crippen LogP contribution in [0.2, 0.25) is 0 Å². The summed E-state index contributed by atoms with van der Waals surface area (Å²) >= 11 is 5.40. The molecule has 0 spiro atoms. The summed E-state index contributed by atoms with van der Waals surface area (Å²) in [6.45, 7) is 4.35. The number of ether oxygens (including phenoxy) is 1. The monoisotopic (exact) mass is 443 g/mol. The summed E-state index contributed by atoms with van der Waals surface area (Å²) in [6, 6.07) is 24.9. The number of thiocarbonyl (C=S) groups is 1. The number of hydrogen-bond acceptors (Lipinski definition) is 3. The van der Waals surface area contributed by atoms with Gasteiger partial charge in [-0.1, -0.05) is 66.2 Å². The second kappa shape index (κ2) is 9.66. The Bertz CT molecular complexity index is 1160. The van der Waals surface area contributed by atoms with E-state index in [4.69, 9.17) is 17.0 Å². The highest BCUT2D eigenvalue weighted by molar-refractivity contribution is 7.80. The number of hydrogen-bond donors (Lipinski definition) is 3. The van der Waals surface area contributed by atoms with Crippen LogP contribution in [0, 0.1) is 6.92 Å². The molecule has 3 N–H and O–H groups in total. The van der Waals surface area contributed by atoms with Crippen molar-refractivity contribution in [1.82, 2.24) is 10.6 Å². The number of amides is 1. The van der Waals surface area contributed by atoms with Gasteiger partial charge in [-0.05, 0) is 49.8 Å². The standard InChI is InChI=1S/C26H25N3O2S/c1-17-12-14-19(15-13-17)16-31-22-11-7-6-10-21(22)24-23(18(2)27-26(32)29-24)25(30)28-20-8-4-3-5-9-20/h3-15,24H,16H2,1-2H3,(H,28,30)(H2,27,29,32)/t24-/m0/s1. The van der Waals surface area contributed by atoms with Crippen LogP contribution in [0.25, 0.3) is 0 Å². The van der Waals surface area contributed by atoms with Crippen LogP contribution < -0.4 is 20.7 Å². The molecule has 0 aromatic heterocycles. The molecule has 0 radical (unpaired) electrons. The number of rotatable bonds is 6. The first kappa shape index (κ1) is 21.6. The van der Waals surface area contributed by atoms with Crippen LogP contribution in [0.4, 0.5) is 5.69 Å². The molecular formula is C26H25N3O2S. The minimum Gasteiger partial charge on any atom is -0.489 e. The molecule has 1 atom stereocenters. The van der Waals surface area contributed by atoms with E-state index in [0.717, 1.165) is 16.8 Å². The molecule has 4 rings (SSSR count). The van der Waals surface area contributed by atoms with Gasteiger partial charge >= 0.3 is 0 Å². The summed E-state index contributed by atoms with van der Waals surface area (Å²) in [5.74, 6) is 0.502. The van der Waals surface area contributed by atoms with Crippen molar-refractivity contribution in [3.05, 3.63) is 107 Å². The smallest absolute Gasteiger partial charge is 0.255 e. The average Bonchev–Trinajstić information content (AvgIpc) is 2.79. The zero-order valence-electron chi connectivity index (χ0n) is 18.0. The molecule has 0 fully saturated rings. The lowest BCUT2D eigenvalue weighted by molar-refractivity contribution is -0.113. The molecule has 1 heterocycles. The van der Waals surface area contributed by atoms with Gasteiger partial charge in [0.15, 0.2) is 5.11 Å². The van der Waals surface area contributed by atoms with Gasteiger partial charge in [0.05, 0.1) is 11.6 Å². The Kier molecular flexibility index (Phi) is 6.52. The molecule has 0 unspecified atom stereocenters. The van der Waals surface area contributed by atoms with Crippen LogP contribution in [0.15, 0.2) is 90.1 Å². The number of anilines is 1. The first-order valence-electron chi connectivity index (χ1n) is 10.4. The van der Waals surface area contributed by atoms with Gasteiger partial charge < -0.3 is 20.7 Å². The van der Waals surface area contributed by atoms with E-state index in [1.807, 2.05) is 61.5 Å². The molecule has 0 bridgehead atoms. The Morgan fingerprint density at radius 3 is 2.41 bits per heavy atom. The maximum absolute atomic E-state index is 13.3. The van der Waals surface area contributed by atoms with E-state index in [2.05, 4.69) is 47.1 Å². The van der Waals surface area contributed by atoms with Gasteiger partial charge in [-0.25, -0.2) is 0 Å². The first-order valence-corrected chi connectivity index (χ1v) is 10.8. The van der Waals surface area contributed by atoms with Gasteiger partial charge in [-0.3, -0.25) is 4.79 Å². The third kappa shape index (κ3) is 4.98. The van der Waals surface area contributed by atoms with E-state index in [1.165, 1.54) is 5.56 Å². The molecule has 0 saturated carbocycles. The number of carbonyl (C=O) groups is 1. The van der Waals surface area contributed by atoms with Crippen molar-refractivity contribution in [2.45, 2.75) is 26.5 Å². The molecule has 1 aliphatic rings. The predicted molar refractivity (Wildman–Crippen MR) is 131 cm³/mol. The lowest BCUT2D eigenvalue weighted by Crippen LogP contribution is -2.45. The Hall–Kier alpha value is -3.64. The fraction of sp³-hybridized carbons (Fsp3) is 0.154. The minimum atomic E-state index is -0.443. The fourth-order valence-electron chi connectivity index (χ4n) is 3.64. The minimum absolute atomic E-state index is 0.200. The van der Waals surface area contributed by atoms with E-state index >= 15 is 0 Å². The summed E-state index contributed by atoms with van der Waals surface area (Å²) in [7, 11) is 0. The van der Waals surface area contributed by atoms with Gasteiger partial charge in [0.25, 0.3) is 5.91 Å². The molecule has 6 heteroatoms. The molecule has 3 aromatic rings. The Balaban J connectivity index is 1.63. The highest BCUT2D eigenvalue weighted by Gasteiger charge is 2.31. The second-order valence-electron chi connectivity index (χ2n) is 7.70. The summed E-state index contributed by atoms with van der Waals surface area (Å²) in [5.41, 5.74) is 5.13. The van der Waals surface area contributed by atoms with Crippen LogP contribution in [0.1, 0.15) is 29.7 Å². The Morgan fingerprint density at radius 1 is 0.969 bits per heavy atom. The highest BCUT2D eigenvalue weighted by Crippen LogP contribution is 2.34. The van der Waals surface area contributed by atoms with Gasteiger partial charge in [-0.15, -0.1) is 0 Å². The van der Waals surface area contributed by atoms with Crippen molar-refractivity contribution in [1.29, 1.82) is 0 Å². The van der Waals surface area contributed by atoms with Gasteiger partial charge in [0, 0.05) is 16.9 Å². The SMILES string of the molecule is CC1=C(C(=O)Nc2ccccc2)[C@H](c2ccccc2OCc2ccc(C)cc2)NC(=S)N1. The fourth-order valence-corrected chi connectivity index (χ4v) is 3.91. The summed E-state index contributed by atoms with van der Waals surface area (Å²) < 4.78 is 6.18. The topological polar surface area (TPSA) is 62.4 Å². The summed E-state index contributed by atoms with van der Waals surface area (Å²) in [6.07, 6.45) is 0. The number of nitrogens with one attached hydrogen (secondary N) is 3. The lowest BCUT2D eigenvalue weighted by Gasteiger charge is -2.31. The van der Waals surface area contributed by atoms with Crippen molar-refractivity contribution in [2.24, 2.45) is 0 Å². The number of para-hydroxylation sites is 2. The van der Waals surface area contributed by atoms with Crippen LogP contribution in [-0.4, -0.2) is 11.0 Å². The van der Waals surface area contributed by atoms with Crippen LogP contribution in [0.5, 0.6) is 5.75 Å².